The molecule has 9 heteroatoms. The molecule has 0 radical (unpaired) electrons. The lowest BCUT2D eigenvalue weighted by atomic mass is 10.2. The fraction of sp³-hybridized carbons (Fsp3) is 0.300. The molecule has 0 spiro atoms. The lowest BCUT2D eigenvalue weighted by Crippen LogP contribution is -2.36. The van der Waals surface area contributed by atoms with Crippen molar-refractivity contribution in [2.24, 2.45) is 0 Å². The van der Waals surface area contributed by atoms with Crippen molar-refractivity contribution in [1.29, 1.82) is 0 Å². The molecule has 0 aliphatic carbocycles. The van der Waals surface area contributed by atoms with E-state index in [1.807, 2.05) is 44.1 Å². The van der Waals surface area contributed by atoms with E-state index in [9.17, 15) is 14.9 Å². The number of carbonyl (C=O) groups is 1. The van der Waals surface area contributed by atoms with Gasteiger partial charge in [0.05, 0.1) is 21.7 Å². The van der Waals surface area contributed by atoms with Crippen molar-refractivity contribution in [3.63, 3.8) is 0 Å². The predicted molar refractivity (Wildman–Crippen MR) is 114 cm³/mol. The van der Waals surface area contributed by atoms with E-state index in [1.165, 1.54) is 35.6 Å². The zero-order chi connectivity index (χ0) is 21.0. The zero-order valence-corrected chi connectivity index (χ0v) is 17.3. The number of nitro benzene ring substituents is 1. The summed E-state index contributed by atoms with van der Waals surface area (Å²) >= 11 is 1.42. The fourth-order valence-corrected chi connectivity index (χ4v) is 3.75. The molecule has 29 heavy (non-hydrogen) atoms. The van der Waals surface area contributed by atoms with Gasteiger partial charge >= 0.3 is 0 Å². The van der Waals surface area contributed by atoms with Crippen molar-refractivity contribution in [1.82, 2.24) is 9.88 Å². The lowest BCUT2D eigenvalue weighted by molar-refractivity contribution is -0.384. The number of nitrogens with zero attached hydrogens (tertiary/aromatic N) is 4. The minimum atomic E-state index is -0.485. The topological polar surface area (TPSA) is 88.8 Å². The maximum atomic E-state index is 13.2. The third kappa shape index (κ3) is 4.87. The average molecular weight is 414 g/mol. The number of hydrogen-bond donors (Lipinski definition) is 0. The van der Waals surface area contributed by atoms with Crippen molar-refractivity contribution in [2.45, 2.75) is 6.92 Å². The van der Waals surface area contributed by atoms with Gasteiger partial charge in [-0.15, -0.1) is 0 Å². The molecule has 3 rings (SSSR count). The van der Waals surface area contributed by atoms with Crippen molar-refractivity contribution in [2.75, 3.05) is 38.7 Å². The first-order chi connectivity index (χ1) is 13.9. The SMILES string of the molecule is CCOc1ccc2nc(N(CCN(C)C)C(=O)c3ccc([N+](=O)[O-])cc3)sc2c1. The van der Waals surface area contributed by atoms with E-state index in [2.05, 4.69) is 4.98 Å². The number of ether oxygens (including phenoxy) is 1. The summed E-state index contributed by atoms with van der Waals surface area (Å²) in [6, 6.07) is 11.3. The summed E-state index contributed by atoms with van der Waals surface area (Å²) < 4.78 is 6.47. The number of non-ortho nitro benzene ring substituents is 1. The number of thiazole rings is 1. The van der Waals surface area contributed by atoms with Gasteiger partial charge in [-0.1, -0.05) is 11.3 Å². The number of aromatic nitrogens is 1. The quantitative estimate of drug-likeness (QED) is 0.411. The van der Waals surface area contributed by atoms with Crippen LogP contribution in [0.2, 0.25) is 0 Å². The highest BCUT2D eigenvalue weighted by atomic mass is 32.1. The Morgan fingerprint density at radius 1 is 1.17 bits per heavy atom. The molecule has 0 fully saturated rings. The molecular formula is C20H22N4O4S. The summed E-state index contributed by atoms with van der Waals surface area (Å²) in [7, 11) is 3.86. The normalized spacial score (nSPS) is 11.0. The van der Waals surface area contributed by atoms with E-state index in [-0.39, 0.29) is 11.6 Å². The molecule has 1 amide bonds. The number of benzene rings is 2. The van der Waals surface area contributed by atoms with Gasteiger partial charge in [-0.25, -0.2) is 4.98 Å². The molecule has 0 saturated heterocycles. The van der Waals surface area contributed by atoms with Gasteiger partial charge in [0.25, 0.3) is 11.6 Å². The second kappa shape index (κ2) is 8.97. The molecule has 1 heterocycles. The summed E-state index contributed by atoms with van der Waals surface area (Å²) in [5.74, 6) is 0.516. The second-order valence-corrected chi connectivity index (χ2v) is 7.63. The van der Waals surface area contributed by atoms with E-state index < -0.39 is 4.92 Å². The van der Waals surface area contributed by atoms with Crippen LogP contribution in [0.15, 0.2) is 42.5 Å². The first kappa shape index (κ1) is 20.7. The Bertz CT molecular complexity index is 1020. The van der Waals surface area contributed by atoms with Crippen LogP contribution in [-0.4, -0.2) is 54.5 Å². The monoisotopic (exact) mass is 414 g/mol. The Morgan fingerprint density at radius 2 is 1.90 bits per heavy atom. The van der Waals surface area contributed by atoms with Crippen LogP contribution in [-0.2, 0) is 0 Å². The van der Waals surface area contributed by atoms with Gasteiger partial charge in [-0.3, -0.25) is 19.8 Å². The number of fused-ring (bicyclic) bond motifs is 1. The Morgan fingerprint density at radius 3 is 2.52 bits per heavy atom. The van der Waals surface area contributed by atoms with Crippen LogP contribution in [0.5, 0.6) is 5.75 Å². The maximum Gasteiger partial charge on any atom is 0.269 e. The van der Waals surface area contributed by atoms with Crippen molar-refractivity contribution in [3.8, 4) is 5.75 Å². The van der Waals surface area contributed by atoms with Gasteiger partial charge < -0.3 is 9.64 Å². The second-order valence-electron chi connectivity index (χ2n) is 6.62. The first-order valence-electron chi connectivity index (χ1n) is 9.13. The molecule has 152 valence electrons. The van der Waals surface area contributed by atoms with Crippen molar-refractivity contribution < 1.29 is 14.5 Å². The van der Waals surface area contributed by atoms with Gasteiger partial charge in [0, 0.05) is 30.8 Å². The van der Waals surface area contributed by atoms with Gasteiger partial charge in [-0.05, 0) is 51.4 Å². The number of nitro groups is 1. The largest absolute Gasteiger partial charge is 0.494 e. The van der Waals surface area contributed by atoms with E-state index >= 15 is 0 Å². The molecule has 0 aliphatic rings. The molecule has 0 N–H and O–H groups in total. The third-order valence-electron chi connectivity index (χ3n) is 4.23. The Labute approximate surface area is 172 Å². The molecule has 1 aromatic heterocycles. The molecule has 0 unspecified atom stereocenters. The number of hydrogen-bond acceptors (Lipinski definition) is 7. The molecule has 2 aromatic carbocycles. The minimum absolute atomic E-state index is 0.0511. The Kier molecular flexibility index (Phi) is 6.40. The summed E-state index contributed by atoms with van der Waals surface area (Å²) in [4.78, 5) is 31.8. The number of likely N-dealkylation sites (N-methyl/N-ethyl adjacent to an activating group) is 1. The van der Waals surface area contributed by atoms with Gasteiger partial charge in [0.2, 0.25) is 0 Å². The molecule has 8 nitrogen and oxygen atoms in total. The van der Waals surface area contributed by atoms with Gasteiger partial charge in [0.15, 0.2) is 5.13 Å². The number of carbonyl (C=O) groups excluding carboxylic acids is 1. The van der Waals surface area contributed by atoms with Crippen LogP contribution >= 0.6 is 11.3 Å². The molecule has 0 bridgehead atoms. The number of amides is 1. The molecule has 3 aromatic rings. The van der Waals surface area contributed by atoms with Crippen LogP contribution < -0.4 is 9.64 Å². The highest BCUT2D eigenvalue weighted by Crippen LogP contribution is 2.32. The molecule has 0 atom stereocenters. The Balaban J connectivity index is 1.94. The van der Waals surface area contributed by atoms with Crippen LogP contribution in [0.4, 0.5) is 10.8 Å². The van der Waals surface area contributed by atoms with Gasteiger partial charge in [0.1, 0.15) is 5.75 Å². The Hall–Kier alpha value is -3.04. The predicted octanol–water partition coefficient (Wildman–Crippen LogP) is 3.81. The van der Waals surface area contributed by atoms with Crippen LogP contribution in [0.1, 0.15) is 17.3 Å². The van der Waals surface area contributed by atoms with E-state index in [1.54, 1.807) is 4.90 Å². The molecule has 0 aliphatic heterocycles. The van der Waals surface area contributed by atoms with E-state index in [0.717, 1.165) is 16.0 Å². The summed E-state index contributed by atoms with van der Waals surface area (Å²) in [5.41, 5.74) is 1.12. The highest BCUT2D eigenvalue weighted by Gasteiger charge is 2.22. The lowest BCUT2D eigenvalue weighted by Gasteiger charge is -2.22. The van der Waals surface area contributed by atoms with Crippen molar-refractivity contribution >= 4 is 38.3 Å². The summed E-state index contributed by atoms with van der Waals surface area (Å²) in [6.45, 7) is 3.60. The summed E-state index contributed by atoms with van der Waals surface area (Å²) in [5, 5.41) is 11.5. The number of rotatable bonds is 8. The standard InChI is InChI=1S/C20H22N4O4S/c1-4-28-16-9-10-17-18(13-16)29-20(21-17)23(12-11-22(2)3)19(25)14-5-7-15(8-6-14)24(26)27/h5-10,13H,4,11-12H2,1-3H3. The maximum absolute atomic E-state index is 13.2. The average Bonchev–Trinajstić information content (AvgIpc) is 3.11. The third-order valence-corrected chi connectivity index (χ3v) is 5.27. The van der Waals surface area contributed by atoms with Gasteiger partial charge in [-0.2, -0.15) is 0 Å². The molecular weight excluding hydrogens is 392 g/mol. The summed E-state index contributed by atoms with van der Waals surface area (Å²) in [6.07, 6.45) is 0. The van der Waals surface area contributed by atoms with Crippen molar-refractivity contribution in [3.05, 3.63) is 58.1 Å². The van der Waals surface area contributed by atoms with E-state index in [0.29, 0.717) is 30.4 Å². The highest BCUT2D eigenvalue weighted by molar-refractivity contribution is 7.22. The fourth-order valence-electron chi connectivity index (χ4n) is 2.73. The zero-order valence-electron chi connectivity index (χ0n) is 16.5. The number of anilines is 1. The smallest absolute Gasteiger partial charge is 0.269 e. The van der Waals surface area contributed by atoms with Crippen LogP contribution in [0.25, 0.3) is 10.2 Å². The van der Waals surface area contributed by atoms with Crippen LogP contribution in [0, 0.1) is 10.1 Å². The van der Waals surface area contributed by atoms with E-state index in [4.69, 9.17) is 4.74 Å². The minimum Gasteiger partial charge on any atom is -0.494 e. The molecule has 0 saturated carbocycles. The first-order valence-corrected chi connectivity index (χ1v) is 9.95. The van der Waals surface area contributed by atoms with Crippen LogP contribution in [0.3, 0.4) is 0 Å².